The summed E-state index contributed by atoms with van der Waals surface area (Å²) in [5.74, 6) is -1.39. The molecule has 14 heteroatoms. The molecule has 0 aromatic heterocycles. The molecule has 60 heavy (non-hydrogen) atoms. The second kappa shape index (κ2) is 16.9. The van der Waals surface area contributed by atoms with E-state index in [-0.39, 0.29) is 36.9 Å². The number of fused-ring (bicyclic) bond motifs is 3. The Bertz CT molecular complexity index is 2260. The SMILES string of the molecule is COc1ccc([Si](C)(C)[C@@H]2[C@@H](CC(=O)N3Cc4ccccc4C[C@H]3CO)O[C@]3(C(=O)N(Cc4ccc(NC(=O)[C@H](C)O)cc4)c4ccc(NC(=O)[C@H](C)O)cc43)[C@H]2C)cc1. The zero-order valence-electron chi connectivity index (χ0n) is 34.8. The number of nitrogens with zero attached hydrogens (tertiary/aromatic N) is 2. The Kier molecular flexibility index (Phi) is 12.1. The Morgan fingerprint density at radius 3 is 2.13 bits per heavy atom. The fourth-order valence-corrected chi connectivity index (χ4v) is 13.5. The molecule has 7 atom stereocenters. The van der Waals surface area contributed by atoms with Crippen LogP contribution in [0.4, 0.5) is 17.1 Å². The molecule has 3 heterocycles. The van der Waals surface area contributed by atoms with E-state index in [1.807, 2.05) is 43.3 Å². The van der Waals surface area contributed by atoms with Gasteiger partial charge in [-0.15, -0.1) is 0 Å². The first-order chi connectivity index (χ1) is 28.6. The first-order valence-corrected chi connectivity index (χ1v) is 23.5. The number of hydrogen-bond acceptors (Lipinski definition) is 9. The van der Waals surface area contributed by atoms with Crippen LogP contribution in [0.1, 0.15) is 49.4 Å². The molecule has 1 saturated heterocycles. The number of benzene rings is 4. The molecule has 0 saturated carbocycles. The van der Waals surface area contributed by atoms with Gasteiger partial charge in [-0.1, -0.05) is 73.7 Å². The third-order valence-corrected chi connectivity index (χ3v) is 17.0. The largest absolute Gasteiger partial charge is 0.497 e. The molecule has 1 spiro atoms. The molecule has 0 aliphatic carbocycles. The highest BCUT2D eigenvalue weighted by Crippen LogP contribution is 2.60. The molecule has 0 unspecified atom stereocenters. The highest BCUT2D eigenvalue weighted by molar-refractivity contribution is 6.91. The van der Waals surface area contributed by atoms with Gasteiger partial charge >= 0.3 is 0 Å². The molecule has 0 radical (unpaired) electrons. The van der Waals surface area contributed by atoms with Crippen LogP contribution in [0.5, 0.6) is 5.75 Å². The number of methoxy groups -OCH3 is 1. The lowest BCUT2D eigenvalue weighted by Gasteiger charge is -2.39. The fourth-order valence-electron chi connectivity index (χ4n) is 9.45. The van der Waals surface area contributed by atoms with Crippen LogP contribution >= 0.6 is 0 Å². The lowest BCUT2D eigenvalue weighted by Crippen LogP contribution is -2.52. The molecule has 3 aliphatic heterocycles. The van der Waals surface area contributed by atoms with Gasteiger partial charge in [0.1, 0.15) is 18.0 Å². The van der Waals surface area contributed by atoms with Gasteiger partial charge in [0, 0.05) is 29.4 Å². The summed E-state index contributed by atoms with van der Waals surface area (Å²) in [4.78, 5) is 58.4. The number of aliphatic hydroxyl groups is 3. The number of carbonyl (C=O) groups excluding carboxylic acids is 4. The number of hydrogen-bond donors (Lipinski definition) is 5. The van der Waals surface area contributed by atoms with Crippen LogP contribution in [0.2, 0.25) is 18.6 Å². The molecule has 4 amide bonds. The van der Waals surface area contributed by atoms with Crippen molar-refractivity contribution in [3.8, 4) is 5.75 Å². The van der Waals surface area contributed by atoms with Crippen LogP contribution in [0, 0.1) is 5.92 Å². The Balaban J connectivity index is 1.31. The Hall–Kier alpha value is -5.38. The summed E-state index contributed by atoms with van der Waals surface area (Å²) in [7, 11) is -1.04. The lowest BCUT2D eigenvalue weighted by atomic mass is 9.82. The molecule has 1 fully saturated rings. The molecule has 4 aromatic rings. The third-order valence-electron chi connectivity index (χ3n) is 12.7. The van der Waals surface area contributed by atoms with Gasteiger partial charge in [-0.05, 0) is 85.0 Å². The van der Waals surface area contributed by atoms with Gasteiger partial charge in [0.05, 0.1) is 52.6 Å². The van der Waals surface area contributed by atoms with Crippen molar-refractivity contribution < 1.29 is 44.0 Å². The van der Waals surface area contributed by atoms with Gasteiger partial charge in [0.25, 0.3) is 17.7 Å². The van der Waals surface area contributed by atoms with Crippen LogP contribution in [0.25, 0.3) is 0 Å². The van der Waals surface area contributed by atoms with E-state index >= 15 is 4.79 Å². The number of ether oxygens (including phenoxy) is 2. The maximum Gasteiger partial charge on any atom is 0.264 e. The zero-order valence-corrected chi connectivity index (χ0v) is 35.8. The van der Waals surface area contributed by atoms with Crippen molar-refractivity contribution in [3.63, 3.8) is 0 Å². The molecule has 0 bridgehead atoms. The van der Waals surface area contributed by atoms with E-state index in [9.17, 15) is 29.7 Å². The predicted molar refractivity (Wildman–Crippen MR) is 230 cm³/mol. The summed E-state index contributed by atoms with van der Waals surface area (Å²) < 4.78 is 12.7. The molecule has 5 N–H and O–H groups in total. The van der Waals surface area contributed by atoms with E-state index in [0.717, 1.165) is 21.9 Å². The van der Waals surface area contributed by atoms with E-state index in [1.165, 1.54) is 13.8 Å². The fraction of sp³-hybridized carbons (Fsp3) is 0.391. The predicted octanol–water partition coefficient (Wildman–Crippen LogP) is 4.43. The standard InChI is InChI=1S/C46H54N4O9Si/c1-27-42(60(5,6)37-18-16-36(58-4)17-19-37)40(23-41(54)49-25-32-10-8-7-9-31(32)21-35(49)26-51)59-46(27)38-22-34(48-44(56)29(3)53)15-20-39(38)50(45(46)57)24-30-11-13-33(14-12-30)47-43(55)28(2)52/h7-20,22,27-29,35,40,42,51-53H,21,23-26H2,1-6H3,(H,47,55)(H,48,56)/t27-,28-,29-,35-,40+,42-,46+/m0/s1. The number of carbonyl (C=O) groups is 4. The maximum absolute atomic E-state index is 15.5. The highest BCUT2D eigenvalue weighted by atomic mass is 28.3. The smallest absolute Gasteiger partial charge is 0.264 e. The van der Waals surface area contributed by atoms with E-state index in [0.29, 0.717) is 41.3 Å². The summed E-state index contributed by atoms with van der Waals surface area (Å²) in [5.41, 5.74) is 3.03. The van der Waals surface area contributed by atoms with Crippen molar-refractivity contribution in [3.05, 3.63) is 113 Å². The van der Waals surface area contributed by atoms with Crippen LogP contribution < -0.4 is 25.5 Å². The van der Waals surface area contributed by atoms with Gasteiger partial charge in [-0.3, -0.25) is 19.2 Å². The number of nitrogens with one attached hydrogen (secondary N) is 2. The van der Waals surface area contributed by atoms with Gasteiger partial charge < -0.3 is 45.2 Å². The van der Waals surface area contributed by atoms with E-state index in [2.05, 4.69) is 35.9 Å². The number of aliphatic hydroxyl groups excluding tert-OH is 3. The quantitative estimate of drug-likeness (QED) is 0.129. The van der Waals surface area contributed by atoms with Crippen molar-refractivity contribution in [2.75, 3.05) is 29.3 Å². The minimum Gasteiger partial charge on any atom is -0.497 e. The highest BCUT2D eigenvalue weighted by Gasteiger charge is 2.66. The van der Waals surface area contributed by atoms with Gasteiger partial charge in [0.2, 0.25) is 5.91 Å². The Morgan fingerprint density at radius 1 is 0.900 bits per heavy atom. The summed E-state index contributed by atoms with van der Waals surface area (Å²) >= 11 is 0. The minimum atomic E-state index is -2.66. The van der Waals surface area contributed by atoms with Crippen LogP contribution in [-0.2, 0) is 49.0 Å². The second-order valence-electron chi connectivity index (χ2n) is 16.8. The average Bonchev–Trinajstić information content (AvgIpc) is 3.66. The van der Waals surface area contributed by atoms with Crippen LogP contribution in [0.3, 0.4) is 0 Å². The van der Waals surface area contributed by atoms with Crippen molar-refractivity contribution in [2.24, 2.45) is 5.92 Å². The average molecular weight is 835 g/mol. The van der Waals surface area contributed by atoms with Crippen molar-refractivity contribution in [2.45, 2.75) is 95.3 Å². The Labute approximate surface area is 351 Å². The van der Waals surface area contributed by atoms with Crippen LogP contribution in [-0.4, -0.2) is 90.0 Å². The van der Waals surface area contributed by atoms with Gasteiger partial charge in [-0.2, -0.15) is 0 Å². The van der Waals surface area contributed by atoms with E-state index in [4.69, 9.17) is 9.47 Å². The number of amides is 4. The summed E-state index contributed by atoms with van der Waals surface area (Å²) in [6, 6.07) is 27.7. The topological polar surface area (TPSA) is 178 Å². The molecular weight excluding hydrogens is 781 g/mol. The first-order valence-electron chi connectivity index (χ1n) is 20.4. The molecule has 316 valence electrons. The van der Waals surface area contributed by atoms with Crippen molar-refractivity contribution in [1.82, 2.24) is 4.90 Å². The molecule has 7 rings (SSSR count). The summed E-state index contributed by atoms with van der Waals surface area (Å²) in [6.07, 6.45) is -2.67. The lowest BCUT2D eigenvalue weighted by molar-refractivity contribution is -0.151. The number of rotatable bonds is 12. The second-order valence-corrected chi connectivity index (χ2v) is 21.5. The van der Waals surface area contributed by atoms with Crippen molar-refractivity contribution >= 4 is 54.0 Å². The molecule has 4 aromatic carbocycles. The number of anilines is 3. The monoisotopic (exact) mass is 834 g/mol. The van der Waals surface area contributed by atoms with Gasteiger partial charge in [-0.25, -0.2) is 0 Å². The zero-order chi connectivity index (χ0) is 43.1. The molecule has 13 nitrogen and oxygen atoms in total. The van der Waals surface area contributed by atoms with E-state index in [1.54, 1.807) is 59.4 Å². The Morgan fingerprint density at radius 2 is 1.52 bits per heavy atom. The first kappa shape index (κ1) is 42.7. The summed E-state index contributed by atoms with van der Waals surface area (Å²) in [5, 5.41) is 36.8. The minimum absolute atomic E-state index is 0.0251. The molecular formula is C46H54N4O9Si. The van der Waals surface area contributed by atoms with Crippen molar-refractivity contribution in [1.29, 1.82) is 0 Å². The third kappa shape index (κ3) is 7.85. The molecule has 3 aliphatic rings. The van der Waals surface area contributed by atoms with Gasteiger partial charge in [0.15, 0.2) is 5.60 Å². The van der Waals surface area contributed by atoms with Crippen LogP contribution in [0.15, 0.2) is 91.0 Å². The maximum atomic E-state index is 15.5. The van der Waals surface area contributed by atoms with E-state index < -0.39 is 55.8 Å². The summed E-state index contributed by atoms with van der Waals surface area (Å²) in [6.45, 7) is 9.54. The normalized spacial score (nSPS) is 23.2.